The van der Waals surface area contributed by atoms with Crippen LogP contribution in [-0.2, 0) is 0 Å². The normalized spacial score (nSPS) is 10.9. The highest BCUT2D eigenvalue weighted by Crippen LogP contribution is 2.32. The molecule has 0 unspecified atom stereocenters. The van der Waals surface area contributed by atoms with Gasteiger partial charge in [-0.25, -0.2) is 0 Å². The van der Waals surface area contributed by atoms with E-state index in [0.29, 0.717) is 0 Å². The summed E-state index contributed by atoms with van der Waals surface area (Å²) in [7, 11) is 0. The maximum absolute atomic E-state index is 9.56. The summed E-state index contributed by atoms with van der Waals surface area (Å²) in [4.78, 5) is 0. The van der Waals surface area contributed by atoms with Gasteiger partial charge in [-0.2, -0.15) is 5.26 Å². The summed E-state index contributed by atoms with van der Waals surface area (Å²) in [5, 5.41) is 16.3. The molecule has 0 fully saturated rings. The van der Waals surface area contributed by atoms with Crippen LogP contribution < -0.4 is 0 Å². The molecule has 20 heavy (non-hydrogen) atoms. The molecule has 0 aliphatic carbocycles. The number of nitriles is 1. The van der Waals surface area contributed by atoms with Gasteiger partial charge in [0.2, 0.25) is 0 Å². The van der Waals surface area contributed by atoms with Gasteiger partial charge in [0.05, 0.1) is 5.56 Å². The van der Waals surface area contributed by atoms with Gasteiger partial charge in [0.1, 0.15) is 6.07 Å². The zero-order valence-corrected chi connectivity index (χ0v) is 10.8. The van der Waals surface area contributed by atoms with Crippen LogP contribution in [0.25, 0.3) is 32.3 Å². The third-order valence-corrected chi connectivity index (χ3v) is 3.88. The van der Waals surface area contributed by atoms with E-state index in [2.05, 4.69) is 42.5 Å². The molecule has 1 heteroatoms. The highest BCUT2D eigenvalue weighted by atomic mass is 14.3. The van der Waals surface area contributed by atoms with Crippen molar-refractivity contribution >= 4 is 32.3 Å². The van der Waals surface area contributed by atoms with E-state index in [1.54, 1.807) is 0 Å². The smallest absolute Gasteiger partial charge is 0.100 e. The Morgan fingerprint density at radius 3 is 2.10 bits per heavy atom. The van der Waals surface area contributed by atoms with Crippen LogP contribution >= 0.6 is 0 Å². The monoisotopic (exact) mass is 253 g/mol. The van der Waals surface area contributed by atoms with E-state index in [4.69, 9.17) is 0 Å². The number of hydrogen-bond acceptors (Lipinski definition) is 1. The van der Waals surface area contributed by atoms with Gasteiger partial charge in [-0.05, 0) is 27.6 Å². The van der Waals surface area contributed by atoms with Gasteiger partial charge in [-0.15, -0.1) is 0 Å². The van der Waals surface area contributed by atoms with Crippen LogP contribution in [0.1, 0.15) is 5.56 Å². The Morgan fingerprint density at radius 2 is 1.30 bits per heavy atom. The second kappa shape index (κ2) is 4.08. The first-order valence-corrected chi connectivity index (χ1v) is 6.62. The van der Waals surface area contributed by atoms with Gasteiger partial charge < -0.3 is 0 Å². The van der Waals surface area contributed by atoms with Gasteiger partial charge in [0.15, 0.2) is 0 Å². The Balaban J connectivity index is 2.34. The molecule has 0 N–H and O–H groups in total. The molecule has 1 nitrogen and oxygen atoms in total. The minimum absolute atomic E-state index is 0.767. The largest absolute Gasteiger partial charge is 0.192 e. The zero-order chi connectivity index (χ0) is 13.5. The van der Waals surface area contributed by atoms with Gasteiger partial charge in [0.25, 0.3) is 0 Å². The van der Waals surface area contributed by atoms with Crippen molar-refractivity contribution in [3.8, 4) is 6.07 Å². The fourth-order valence-electron chi connectivity index (χ4n) is 2.94. The topological polar surface area (TPSA) is 23.8 Å². The Hall–Kier alpha value is -2.85. The Kier molecular flexibility index (Phi) is 2.25. The molecular formula is C19H11N. The first-order valence-electron chi connectivity index (χ1n) is 6.62. The average Bonchev–Trinajstić information content (AvgIpc) is 2.52. The molecule has 0 bridgehead atoms. The van der Waals surface area contributed by atoms with Crippen molar-refractivity contribution < 1.29 is 0 Å². The second-order valence-electron chi connectivity index (χ2n) is 4.97. The lowest BCUT2D eigenvalue weighted by atomic mass is 9.94. The lowest BCUT2D eigenvalue weighted by molar-refractivity contribution is 1.52. The first-order chi connectivity index (χ1) is 9.88. The summed E-state index contributed by atoms with van der Waals surface area (Å²) in [6.45, 7) is 0. The van der Waals surface area contributed by atoms with Crippen LogP contribution in [0.2, 0.25) is 0 Å². The number of benzene rings is 4. The third-order valence-electron chi connectivity index (χ3n) is 3.88. The molecule has 4 rings (SSSR count). The summed E-state index contributed by atoms with van der Waals surface area (Å²) < 4.78 is 0. The summed E-state index contributed by atoms with van der Waals surface area (Å²) in [5.74, 6) is 0. The van der Waals surface area contributed by atoms with Crippen molar-refractivity contribution in [1.82, 2.24) is 0 Å². The lowest BCUT2D eigenvalue weighted by Crippen LogP contribution is -1.85. The maximum atomic E-state index is 9.56. The van der Waals surface area contributed by atoms with Crippen LogP contribution in [0, 0.1) is 11.3 Å². The molecule has 0 aliphatic rings. The SMILES string of the molecule is N#Cc1c2ccccc2cc2c1ccc1ccccc12. The van der Waals surface area contributed by atoms with E-state index >= 15 is 0 Å². The van der Waals surface area contributed by atoms with Gasteiger partial charge in [-0.1, -0.05) is 60.7 Å². The van der Waals surface area contributed by atoms with Crippen molar-refractivity contribution in [3.63, 3.8) is 0 Å². The van der Waals surface area contributed by atoms with E-state index in [1.807, 2.05) is 30.3 Å². The number of hydrogen-bond donors (Lipinski definition) is 0. The second-order valence-corrected chi connectivity index (χ2v) is 4.97. The number of nitrogens with zero attached hydrogens (tertiary/aromatic N) is 1. The number of rotatable bonds is 0. The van der Waals surface area contributed by atoms with Crippen molar-refractivity contribution in [1.29, 1.82) is 5.26 Å². The zero-order valence-electron chi connectivity index (χ0n) is 10.8. The van der Waals surface area contributed by atoms with Crippen LogP contribution in [0.3, 0.4) is 0 Å². The fourth-order valence-corrected chi connectivity index (χ4v) is 2.94. The van der Waals surface area contributed by atoms with Crippen LogP contribution in [0.4, 0.5) is 0 Å². The van der Waals surface area contributed by atoms with Gasteiger partial charge in [0, 0.05) is 10.8 Å². The molecular weight excluding hydrogens is 242 g/mol. The molecule has 0 amide bonds. The van der Waals surface area contributed by atoms with E-state index in [9.17, 15) is 5.26 Å². The Labute approximate surface area is 116 Å². The van der Waals surface area contributed by atoms with E-state index in [1.165, 1.54) is 10.8 Å². The molecule has 0 heterocycles. The molecule has 92 valence electrons. The molecule has 0 saturated carbocycles. The van der Waals surface area contributed by atoms with Gasteiger partial charge >= 0.3 is 0 Å². The summed E-state index contributed by atoms with van der Waals surface area (Å²) in [6, 6.07) is 25.1. The van der Waals surface area contributed by atoms with E-state index in [-0.39, 0.29) is 0 Å². The standard InChI is InChI=1S/C19H11N/c20-12-19-16-8-4-2-6-14(16)11-18-15-7-3-1-5-13(15)9-10-17(18)19/h1-11H. The van der Waals surface area contributed by atoms with Crippen LogP contribution in [0.5, 0.6) is 0 Å². The van der Waals surface area contributed by atoms with Crippen LogP contribution in [0.15, 0.2) is 66.7 Å². The molecule has 0 radical (unpaired) electrons. The predicted molar refractivity (Wildman–Crippen MR) is 83.7 cm³/mol. The van der Waals surface area contributed by atoms with Crippen molar-refractivity contribution in [2.45, 2.75) is 0 Å². The average molecular weight is 253 g/mol. The van der Waals surface area contributed by atoms with Gasteiger partial charge in [-0.3, -0.25) is 0 Å². The molecule has 4 aromatic carbocycles. The molecule has 0 aliphatic heterocycles. The quantitative estimate of drug-likeness (QED) is 0.319. The summed E-state index contributed by atoms with van der Waals surface area (Å²) in [6.07, 6.45) is 0. The number of fused-ring (bicyclic) bond motifs is 4. The molecule has 0 saturated heterocycles. The highest BCUT2D eigenvalue weighted by Gasteiger charge is 2.08. The molecule has 4 aromatic rings. The Morgan fingerprint density at radius 1 is 0.600 bits per heavy atom. The fraction of sp³-hybridized carbons (Fsp3) is 0. The summed E-state index contributed by atoms with van der Waals surface area (Å²) >= 11 is 0. The minimum Gasteiger partial charge on any atom is -0.192 e. The molecule has 0 atom stereocenters. The maximum Gasteiger partial charge on any atom is 0.100 e. The molecule has 0 aromatic heterocycles. The lowest BCUT2D eigenvalue weighted by Gasteiger charge is -2.08. The van der Waals surface area contributed by atoms with E-state index < -0.39 is 0 Å². The molecule has 0 spiro atoms. The van der Waals surface area contributed by atoms with Crippen molar-refractivity contribution in [2.24, 2.45) is 0 Å². The van der Waals surface area contributed by atoms with Crippen molar-refractivity contribution in [2.75, 3.05) is 0 Å². The Bertz CT molecular complexity index is 1010. The van der Waals surface area contributed by atoms with Crippen molar-refractivity contribution in [3.05, 3.63) is 72.3 Å². The van der Waals surface area contributed by atoms with Crippen LogP contribution in [-0.4, -0.2) is 0 Å². The first kappa shape index (κ1) is 11.0. The van der Waals surface area contributed by atoms with E-state index in [0.717, 1.165) is 27.1 Å². The summed E-state index contributed by atoms with van der Waals surface area (Å²) in [5.41, 5.74) is 0.767. The minimum atomic E-state index is 0.767. The predicted octanol–water partition coefficient (Wildman–Crippen LogP) is 5.02. The highest BCUT2D eigenvalue weighted by molar-refractivity contribution is 6.15. The third kappa shape index (κ3) is 1.42.